The minimum atomic E-state index is -4.33. The van der Waals surface area contributed by atoms with Crippen molar-refractivity contribution < 1.29 is 32.0 Å². The second-order valence-corrected chi connectivity index (χ2v) is 12.2. The van der Waals surface area contributed by atoms with Crippen molar-refractivity contribution in [1.29, 1.82) is 0 Å². The molecule has 236 valence electrons. The average molecular weight is 654 g/mol. The first-order chi connectivity index (χ1) is 21.6. The van der Waals surface area contributed by atoms with Crippen molar-refractivity contribution in [3.63, 3.8) is 0 Å². The van der Waals surface area contributed by atoms with Gasteiger partial charge < -0.3 is 20.1 Å². The Morgan fingerprint density at radius 1 is 1.09 bits per heavy atom. The first-order valence-corrected chi connectivity index (χ1v) is 16.1. The Labute approximate surface area is 265 Å². The summed E-state index contributed by atoms with van der Waals surface area (Å²) in [5.41, 5.74) is 5.83. The molecule has 4 aromatic rings. The monoisotopic (exact) mass is 653 g/mol. The van der Waals surface area contributed by atoms with Gasteiger partial charge in [-0.1, -0.05) is 41.9 Å². The van der Waals surface area contributed by atoms with Crippen LogP contribution in [0.5, 0.6) is 5.75 Å². The third-order valence-corrected chi connectivity index (χ3v) is 8.06. The van der Waals surface area contributed by atoms with Gasteiger partial charge in [0.15, 0.2) is 0 Å². The molecular weight excluding hydrogens is 622 g/mol. The maximum absolute atomic E-state index is 13.1. The van der Waals surface area contributed by atoms with Crippen LogP contribution in [-0.2, 0) is 27.8 Å². The van der Waals surface area contributed by atoms with Crippen molar-refractivity contribution in [3.05, 3.63) is 94.8 Å². The van der Waals surface area contributed by atoms with E-state index < -0.39 is 28.1 Å². The number of aromatic nitrogens is 2. The Bertz CT molecular complexity index is 1810. The number of nitrogens with zero attached hydrogens (tertiary/aromatic N) is 3. The molecule has 5 rings (SSSR count). The second kappa shape index (κ2) is 14.0. The number of hydrogen-bond donors (Lipinski definition) is 3. The molecule has 0 saturated carbocycles. The van der Waals surface area contributed by atoms with E-state index in [-0.39, 0.29) is 13.2 Å². The fraction of sp³-hybridized carbons (Fsp3) is 0.258. The van der Waals surface area contributed by atoms with E-state index in [1.54, 1.807) is 40.0 Å². The van der Waals surface area contributed by atoms with Gasteiger partial charge in [0.05, 0.1) is 18.4 Å². The molecular formula is C31H32ClN5O7S. The molecule has 12 nitrogen and oxygen atoms in total. The van der Waals surface area contributed by atoms with E-state index in [4.69, 9.17) is 25.6 Å². The van der Waals surface area contributed by atoms with Crippen molar-refractivity contribution in [1.82, 2.24) is 15.1 Å². The summed E-state index contributed by atoms with van der Waals surface area (Å²) < 4.78 is 43.6. The zero-order valence-corrected chi connectivity index (χ0v) is 26.0. The summed E-state index contributed by atoms with van der Waals surface area (Å²) in [6, 6.07) is 17.5. The number of nitrogens with one attached hydrogen (secondary N) is 2. The van der Waals surface area contributed by atoms with Crippen LogP contribution in [0.3, 0.4) is 0 Å². The maximum atomic E-state index is 13.1. The van der Waals surface area contributed by atoms with Crippen molar-refractivity contribution in [3.8, 4) is 16.9 Å². The average Bonchev–Trinajstić information content (AvgIpc) is 3.47. The number of anilines is 2. The van der Waals surface area contributed by atoms with Crippen LogP contribution in [0.2, 0.25) is 5.02 Å². The van der Waals surface area contributed by atoms with Crippen molar-refractivity contribution in [2.45, 2.75) is 26.3 Å². The first-order valence-electron chi connectivity index (χ1n) is 14.1. The van der Waals surface area contributed by atoms with Crippen LogP contribution in [0, 0.1) is 6.92 Å². The number of carbonyl (C=O) groups is 2. The molecule has 1 aromatic heterocycles. The number of halogens is 1. The number of urea groups is 1. The standard InChI is InChI=1S/C31H32ClN5O7S/c1-21-27(32)10-4-12-29(21)43-14-15-44-31(39)37-13-5-9-26-25(8-3-11-28(26)37)23-17-34-36(19-23)18-22-6-2-7-24(16-22)35-30(38)33-20-45(40,41)42/h2-4,6-8,10-12,16-17,19H,5,9,13-15,18,20H2,1H3,(H2,33,35,38)(H,40,41,42). The fourth-order valence-corrected chi connectivity index (χ4v) is 5.52. The number of fused-ring (bicyclic) bond motifs is 1. The van der Waals surface area contributed by atoms with Gasteiger partial charge in [-0.05, 0) is 66.8 Å². The first kappa shape index (κ1) is 31.8. The molecule has 1 aliphatic heterocycles. The lowest BCUT2D eigenvalue weighted by Crippen LogP contribution is -2.36. The van der Waals surface area contributed by atoms with E-state index in [2.05, 4.69) is 15.7 Å². The smallest absolute Gasteiger partial charge is 0.414 e. The van der Waals surface area contributed by atoms with Gasteiger partial charge in [0.25, 0.3) is 10.1 Å². The predicted octanol–water partition coefficient (Wildman–Crippen LogP) is 5.50. The van der Waals surface area contributed by atoms with Crippen molar-refractivity contribution >= 4 is 45.2 Å². The van der Waals surface area contributed by atoms with Gasteiger partial charge in [0, 0.05) is 34.6 Å². The summed E-state index contributed by atoms with van der Waals surface area (Å²) >= 11 is 6.15. The van der Waals surface area contributed by atoms with E-state index in [0.29, 0.717) is 29.5 Å². The number of benzene rings is 3. The highest BCUT2D eigenvalue weighted by atomic mass is 35.5. The molecule has 3 N–H and O–H groups in total. The molecule has 0 radical (unpaired) electrons. The zero-order chi connectivity index (χ0) is 32.0. The fourth-order valence-electron chi connectivity index (χ4n) is 5.04. The largest absolute Gasteiger partial charge is 0.490 e. The molecule has 0 bridgehead atoms. The van der Waals surface area contributed by atoms with Crippen LogP contribution in [-0.4, -0.2) is 60.5 Å². The van der Waals surface area contributed by atoms with Crippen molar-refractivity contribution in [2.24, 2.45) is 0 Å². The van der Waals surface area contributed by atoms with Gasteiger partial charge in [-0.2, -0.15) is 13.5 Å². The molecule has 2 heterocycles. The highest BCUT2D eigenvalue weighted by Crippen LogP contribution is 2.36. The molecule has 0 atom stereocenters. The second-order valence-electron chi connectivity index (χ2n) is 10.4. The van der Waals surface area contributed by atoms with Gasteiger partial charge in [0.1, 0.15) is 24.8 Å². The Morgan fingerprint density at radius 2 is 1.89 bits per heavy atom. The topological polar surface area (TPSA) is 152 Å². The van der Waals surface area contributed by atoms with Gasteiger partial charge in [0.2, 0.25) is 0 Å². The maximum Gasteiger partial charge on any atom is 0.414 e. The number of rotatable bonds is 10. The molecule has 0 saturated heterocycles. The van der Waals surface area contributed by atoms with Crippen LogP contribution in [0.15, 0.2) is 73.1 Å². The number of hydrogen-bond acceptors (Lipinski definition) is 7. The molecule has 0 spiro atoms. The quantitative estimate of drug-likeness (QED) is 0.150. The van der Waals surface area contributed by atoms with Gasteiger partial charge >= 0.3 is 12.1 Å². The zero-order valence-electron chi connectivity index (χ0n) is 24.4. The van der Waals surface area contributed by atoms with Crippen LogP contribution in [0.1, 0.15) is 23.1 Å². The van der Waals surface area contributed by atoms with Crippen molar-refractivity contribution in [2.75, 3.05) is 35.9 Å². The normalized spacial score (nSPS) is 12.7. The molecule has 1 aliphatic rings. The van der Waals surface area contributed by atoms with Crippen LogP contribution < -0.4 is 20.3 Å². The molecule has 0 unspecified atom stereocenters. The van der Waals surface area contributed by atoms with E-state index in [1.165, 1.54) is 0 Å². The van der Waals surface area contributed by atoms with Crippen LogP contribution >= 0.6 is 11.6 Å². The van der Waals surface area contributed by atoms with E-state index >= 15 is 0 Å². The summed E-state index contributed by atoms with van der Waals surface area (Å²) in [5.74, 6) is -0.242. The van der Waals surface area contributed by atoms with E-state index in [0.717, 1.165) is 46.3 Å². The van der Waals surface area contributed by atoms with E-state index in [9.17, 15) is 18.0 Å². The lowest BCUT2D eigenvalue weighted by atomic mass is 9.93. The van der Waals surface area contributed by atoms with Gasteiger partial charge in [-0.15, -0.1) is 0 Å². The van der Waals surface area contributed by atoms with Crippen LogP contribution in [0.4, 0.5) is 21.0 Å². The summed E-state index contributed by atoms with van der Waals surface area (Å²) in [6.45, 7) is 3.12. The number of carbonyl (C=O) groups excluding carboxylic acids is 2. The number of amides is 3. The minimum Gasteiger partial charge on any atom is -0.490 e. The molecule has 45 heavy (non-hydrogen) atoms. The molecule has 3 amide bonds. The summed E-state index contributed by atoms with van der Waals surface area (Å²) in [5, 5.41) is 9.74. The molecule has 0 fully saturated rings. The summed E-state index contributed by atoms with van der Waals surface area (Å²) in [6.07, 6.45) is 4.83. The highest BCUT2D eigenvalue weighted by Gasteiger charge is 2.26. The van der Waals surface area contributed by atoms with Gasteiger partial charge in [-0.25, -0.2) is 9.59 Å². The third kappa shape index (κ3) is 8.32. The Morgan fingerprint density at radius 3 is 2.71 bits per heavy atom. The number of ether oxygens (including phenoxy) is 2. The SMILES string of the molecule is Cc1c(Cl)cccc1OCCOC(=O)N1CCCc2c(-c3cnn(Cc4cccc(NC(=O)NCS(=O)(=O)O)c4)c3)cccc21. The molecule has 0 aliphatic carbocycles. The Balaban J connectivity index is 1.21. The Hall–Kier alpha value is -4.59. The van der Waals surface area contributed by atoms with Crippen LogP contribution in [0.25, 0.3) is 11.1 Å². The van der Waals surface area contributed by atoms with Gasteiger partial charge in [-0.3, -0.25) is 14.1 Å². The molecule has 3 aromatic carbocycles. The Kier molecular flexibility index (Phi) is 9.91. The minimum absolute atomic E-state index is 0.0923. The third-order valence-electron chi connectivity index (χ3n) is 7.14. The summed E-state index contributed by atoms with van der Waals surface area (Å²) in [7, 11) is -4.33. The highest BCUT2D eigenvalue weighted by molar-refractivity contribution is 7.85. The summed E-state index contributed by atoms with van der Waals surface area (Å²) in [4.78, 5) is 26.7. The molecule has 14 heteroatoms. The van der Waals surface area contributed by atoms with E-state index in [1.807, 2.05) is 49.5 Å². The lowest BCUT2D eigenvalue weighted by molar-refractivity contribution is 0.130. The lowest BCUT2D eigenvalue weighted by Gasteiger charge is -2.30. The predicted molar refractivity (Wildman–Crippen MR) is 170 cm³/mol.